The van der Waals surface area contributed by atoms with Crippen LogP contribution in [0.15, 0.2) is 16.5 Å². The van der Waals surface area contributed by atoms with Gasteiger partial charge in [0.15, 0.2) is 5.76 Å². The van der Waals surface area contributed by atoms with Crippen LogP contribution in [0.5, 0.6) is 0 Å². The first-order chi connectivity index (χ1) is 11.8. The maximum absolute atomic E-state index is 12.2. The smallest absolute Gasteiger partial charge is 0.287 e. The minimum Gasteiger partial charge on any atom is -0.455 e. The summed E-state index contributed by atoms with van der Waals surface area (Å²) in [6.45, 7) is 3.66. The molecule has 4 rings (SSSR count). The largest absolute Gasteiger partial charge is 0.455 e. The van der Waals surface area contributed by atoms with Gasteiger partial charge in [-0.25, -0.2) is 4.98 Å². The lowest BCUT2D eigenvalue weighted by molar-refractivity contribution is 0.0923. The van der Waals surface area contributed by atoms with Gasteiger partial charge in [0, 0.05) is 17.8 Å². The summed E-state index contributed by atoms with van der Waals surface area (Å²) >= 11 is 1.80. The van der Waals surface area contributed by atoms with Crippen LogP contribution in [0.3, 0.4) is 0 Å². The zero-order valence-electron chi connectivity index (χ0n) is 13.8. The number of aromatic nitrogens is 1. The molecule has 1 fully saturated rings. The zero-order valence-corrected chi connectivity index (χ0v) is 14.7. The summed E-state index contributed by atoms with van der Waals surface area (Å²) in [5.41, 5.74) is 1.28. The van der Waals surface area contributed by atoms with Crippen molar-refractivity contribution in [1.82, 2.24) is 15.2 Å². The molecule has 2 aliphatic rings. The number of hydrogen-bond acceptors (Lipinski definition) is 5. The highest BCUT2D eigenvalue weighted by Gasteiger charge is 2.18. The van der Waals surface area contributed by atoms with Crippen molar-refractivity contribution in [2.45, 2.75) is 45.1 Å². The van der Waals surface area contributed by atoms with Crippen molar-refractivity contribution in [3.63, 3.8) is 0 Å². The van der Waals surface area contributed by atoms with Crippen molar-refractivity contribution in [3.8, 4) is 0 Å². The molecule has 1 aliphatic carbocycles. The van der Waals surface area contributed by atoms with E-state index in [4.69, 9.17) is 4.42 Å². The topological polar surface area (TPSA) is 58.4 Å². The van der Waals surface area contributed by atoms with Gasteiger partial charge in [0.2, 0.25) is 0 Å². The van der Waals surface area contributed by atoms with Gasteiger partial charge in [-0.1, -0.05) is 0 Å². The van der Waals surface area contributed by atoms with E-state index in [1.807, 2.05) is 6.07 Å². The normalized spacial score (nSPS) is 17.3. The molecular weight excluding hydrogens is 322 g/mol. The molecule has 0 atom stereocenters. The molecule has 1 aliphatic heterocycles. The number of likely N-dealkylation sites (tertiary alicyclic amines) is 1. The second-order valence-corrected chi connectivity index (χ2v) is 7.75. The second kappa shape index (κ2) is 7.07. The molecule has 0 radical (unpaired) electrons. The molecule has 2 aromatic rings. The Balaban J connectivity index is 1.25. The van der Waals surface area contributed by atoms with Gasteiger partial charge in [-0.2, -0.15) is 0 Å². The van der Waals surface area contributed by atoms with Crippen LogP contribution in [0.4, 0.5) is 0 Å². The number of rotatable bonds is 6. The molecule has 0 spiro atoms. The van der Waals surface area contributed by atoms with Crippen LogP contribution in [0.2, 0.25) is 0 Å². The van der Waals surface area contributed by atoms with Crippen molar-refractivity contribution in [3.05, 3.63) is 39.2 Å². The molecule has 5 nitrogen and oxygen atoms in total. The Morgan fingerprint density at radius 1 is 1.25 bits per heavy atom. The summed E-state index contributed by atoms with van der Waals surface area (Å²) < 4.78 is 5.69. The number of nitrogens with one attached hydrogen (secondary N) is 1. The van der Waals surface area contributed by atoms with Gasteiger partial charge in [-0.05, 0) is 57.3 Å². The van der Waals surface area contributed by atoms with Crippen molar-refractivity contribution in [1.29, 1.82) is 0 Å². The van der Waals surface area contributed by atoms with E-state index < -0.39 is 0 Å². The highest BCUT2D eigenvalue weighted by molar-refractivity contribution is 7.11. The Labute approximate surface area is 146 Å². The van der Waals surface area contributed by atoms with Crippen molar-refractivity contribution in [2.75, 3.05) is 19.6 Å². The molecule has 1 N–H and O–H groups in total. The molecule has 6 heteroatoms. The van der Waals surface area contributed by atoms with Crippen LogP contribution in [0, 0.1) is 0 Å². The highest BCUT2D eigenvalue weighted by atomic mass is 32.1. The third-order valence-electron chi connectivity index (χ3n) is 4.73. The SMILES string of the molecule is O=C(NCCc1nc2c(s1)CCC2)c1ccc(CN2CCCC2)o1. The molecule has 3 heterocycles. The first kappa shape index (κ1) is 15.8. The number of carbonyl (C=O) groups excluding carboxylic acids is 1. The molecule has 128 valence electrons. The first-order valence-corrected chi connectivity index (χ1v) is 9.66. The van der Waals surface area contributed by atoms with Crippen molar-refractivity contribution in [2.24, 2.45) is 0 Å². The maximum Gasteiger partial charge on any atom is 0.287 e. The van der Waals surface area contributed by atoms with E-state index in [-0.39, 0.29) is 5.91 Å². The van der Waals surface area contributed by atoms with E-state index >= 15 is 0 Å². The Kier molecular flexibility index (Phi) is 4.67. The quantitative estimate of drug-likeness (QED) is 0.875. The van der Waals surface area contributed by atoms with Gasteiger partial charge in [-0.15, -0.1) is 11.3 Å². The fourth-order valence-electron chi connectivity index (χ4n) is 3.47. The van der Waals surface area contributed by atoms with E-state index in [0.717, 1.165) is 43.2 Å². The maximum atomic E-state index is 12.2. The lowest BCUT2D eigenvalue weighted by Gasteiger charge is -2.11. The van der Waals surface area contributed by atoms with Gasteiger partial charge in [0.1, 0.15) is 5.76 Å². The standard InChI is InChI=1S/C18H23N3O2S/c22-18(15-7-6-13(23-15)12-21-10-1-2-11-21)19-9-8-17-20-14-4-3-5-16(14)24-17/h6-7H,1-5,8-12H2,(H,19,22). The summed E-state index contributed by atoms with van der Waals surface area (Å²) in [5, 5.41) is 4.07. The number of nitrogens with zero attached hydrogens (tertiary/aromatic N) is 2. The van der Waals surface area contributed by atoms with E-state index in [0.29, 0.717) is 12.3 Å². The van der Waals surface area contributed by atoms with Gasteiger partial charge in [0.25, 0.3) is 5.91 Å². The molecule has 2 aromatic heterocycles. The van der Waals surface area contributed by atoms with Crippen LogP contribution in [-0.4, -0.2) is 35.4 Å². The predicted octanol–water partition coefficient (Wildman–Crippen LogP) is 2.79. The van der Waals surface area contributed by atoms with Crippen LogP contribution >= 0.6 is 11.3 Å². The molecular formula is C18H23N3O2S. The second-order valence-electron chi connectivity index (χ2n) is 6.59. The zero-order chi connectivity index (χ0) is 16.4. The Morgan fingerprint density at radius 3 is 2.96 bits per heavy atom. The first-order valence-electron chi connectivity index (χ1n) is 8.84. The summed E-state index contributed by atoms with van der Waals surface area (Å²) in [4.78, 5) is 20.7. The number of thiazole rings is 1. The molecule has 1 saturated heterocycles. The number of furan rings is 1. The summed E-state index contributed by atoms with van der Waals surface area (Å²) in [6.07, 6.45) is 6.84. The number of carbonyl (C=O) groups is 1. The minimum atomic E-state index is -0.133. The Bertz CT molecular complexity index is 694. The van der Waals surface area contributed by atoms with Crippen LogP contribution in [0.1, 0.15) is 51.2 Å². The minimum absolute atomic E-state index is 0.133. The predicted molar refractivity (Wildman–Crippen MR) is 93.4 cm³/mol. The van der Waals surface area contributed by atoms with E-state index in [1.165, 1.54) is 36.3 Å². The fourth-order valence-corrected chi connectivity index (χ4v) is 4.62. The third kappa shape index (κ3) is 3.54. The van der Waals surface area contributed by atoms with Gasteiger partial charge >= 0.3 is 0 Å². The van der Waals surface area contributed by atoms with Gasteiger partial charge in [-0.3, -0.25) is 9.69 Å². The highest BCUT2D eigenvalue weighted by Crippen LogP contribution is 2.27. The van der Waals surface area contributed by atoms with E-state index in [1.54, 1.807) is 17.4 Å². The molecule has 0 unspecified atom stereocenters. The fraction of sp³-hybridized carbons (Fsp3) is 0.556. The van der Waals surface area contributed by atoms with Crippen LogP contribution in [-0.2, 0) is 25.8 Å². The average Bonchev–Trinajstić information content (AvgIpc) is 3.31. The van der Waals surface area contributed by atoms with Crippen LogP contribution in [0.25, 0.3) is 0 Å². The molecule has 0 aromatic carbocycles. The summed E-state index contributed by atoms with van der Waals surface area (Å²) in [6, 6.07) is 3.69. The summed E-state index contributed by atoms with van der Waals surface area (Å²) in [7, 11) is 0. The monoisotopic (exact) mass is 345 g/mol. The lowest BCUT2D eigenvalue weighted by Crippen LogP contribution is -2.25. The summed E-state index contributed by atoms with van der Waals surface area (Å²) in [5.74, 6) is 1.15. The average molecular weight is 345 g/mol. The number of hydrogen-bond donors (Lipinski definition) is 1. The van der Waals surface area contributed by atoms with E-state index in [2.05, 4.69) is 15.2 Å². The number of amides is 1. The van der Waals surface area contributed by atoms with Crippen LogP contribution < -0.4 is 5.32 Å². The number of fused-ring (bicyclic) bond motifs is 1. The third-order valence-corrected chi connectivity index (χ3v) is 5.95. The molecule has 24 heavy (non-hydrogen) atoms. The molecule has 1 amide bonds. The van der Waals surface area contributed by atoms with Gasteiger partial charge < -0.3 is 9.73 Å². The number of aryl methyl sites for hydroxylation is 2. The Morgan fingerprint density at radius 2 is 2.12 bits per heavy atom. The molecule has 0 bridgehead atoms. The van der Waals surface area contributed by atoms with Gasteiger partial charge in [0.05, 0.1) is 17.2 Å². The van der Waals surface area contributed by atoms with E-state index in [9.17, 15) is 4.79 Å². The lowest BCUT2D eigenvalue weighted by atomic mass is 10.3. The Hall–Kier alpha value is -1.66. The van der Waals surface area contributed by atoms with Crippen molar-refractivity contribution < 1.29 is 9.21 Å². The van der Waals surface area contributed by atoms with Crippen molar-refractivity contribution >= 4 is 17.2 Å². The molecule has 0 saturated carbocycles.